The molecule has 2 heteroatoms. The van der Waals surface area contributed by atoms with Crippen molar-refractivity contribution in [3.63, 3.8) is 0 Å². The molecule has 0 spiro atoms. The molecule has 1 radical (unpaired) electrons. The van der Waals surface area contributed by atoms with Crippen LogP contribution in [-0.4, -0.2) is 9.52 Å². The van der Waals surface area contributed by atoms with Crippen molar-refractivity contribution in [2.24, 2.45) is 0 Å². The predicted molar refractivity (Wildman–Crippen MR) is 108 cm³/mol. The molecule has 0 aromatic heterocycles. The number of hydrogen-bond donors (Lipinski definition) is 0. The molecule has 0 saturated heterocycles. The van der Waals surface area contributed by atoms with E-state index in [1.807, 2.05) is 0 Å². The molecule has 135 valence electrons. The first-order chi connectivity index (χ1) is 11.3. The molecule has 0 unspecified atom stereocenters. The van der Waals surface area contributed by atoms with E-state index in [4.69, 9.17) is 0 Å². The van der Waals surface area contributed by atoms with E-state index < -0.39 is 0 Å². The second kappa shape index (κ2) is 21.1. The molecule has 0 heterocycles. The van der Waals surface area contributed by atoms with Crippen molar-refractivity contribution in [1.29, 1.82) is 0 Å². The Labute approximate surface area is 173 Å². The van der Waals surface area contributed by atoms with Crippen molar-refractivity contribution in [3.05, 3.63) is 47.6 Å². The van der Waals surface area contributed by atoms with Crippen LogP contribution in [0.15, 0.2) is 35.5 Å². The Morgan fingerprint density at radius 1 is 0.792 bits per heavy atom. The third-order valence-electron chi connectivity index (χ3n) is 3.63. The number of unbranched alkanes of at least 4 members (excludes halogenated alkanes) is 4. The predicted octanol–water partition coefficient (Wildman–Crippen LogP) is 7.03. The fourth-order valence-corrected chi connectivity index (χ4v) is 2.37. The van der Waals surface area contributed by atoms with E-state index in [1.54, 1.807) is 0 Å². The van der Waals surface area contributed by atoms with Crippen molar-refractivity contribution in [2.45, 2.75) is 91.1 Å². The third kappa shape index (κ3) is 16.9. The summed E-state index contributed by atoms with van der Waals surface area (Å²) in [6, 6.07) is 0. The molecule has 0 aromatic carbocycles. The zero-order chi connectivity index (χ0) is 17.2. The van der Waals surface area contributed by atoms with E-state index in [0.29, 0.717) is 0 Å². The Kier molecular flexibility index (Phi) is 23.1. The maximum atomic E-state index is 3.32. The minimum atomic E-state index is 0. The summed E-state index contributed by atoms with van der Waals surface area (Å²) in [6.45, 7) is 8.89. The first kappa shape index (κ1) is 26.3. The molecule has 0 bridgehead atoms. The average Bonchev–Trinajstić information content (AvgIpc) is 3.23. The molecular formula is C22H37HfSi-2. The monoisotopic (exact) mass is 509 g/mol. The van der Waals surface area contributed by atoms with Crippen molar-refractivity contribution in [2.75, 3.05) is 0 Å². The van der Waals surface area contributed by atoms with E-state index in [2.05, 4.69) is 63.4 Å². The topological polar surface area (TPSA) is 0 Å². The van der Waals surface area contributed by atoms with Gasteiger partial charge in [-0.05, 0) is 0 Å². The molecule has 2 aliphatic rings. The molecule has 2 rings (SSSR count). The summed E-state index contributed by atoms with van der Waals surface area (Å²) in [5.41, 5.74) is 2.85. The summed E-state index contributed by atoms with van der Waals surface area (Å²) in [6.07, 6.45) is 28.0. The van der Waals surface area contributed by atoms with Crippen LogP contribution < -0.4 is 0 Å². The van der Waals surface area contributed by atoms with Crippen molar-refractivity contribution >= 4 is 9.52 Å². The summed E-state index contributed by atoms with van der Waals surface area (Å²) >= 11 is 0. The maximum absolute atomic E-state index is 3.32. The van der Waals surface area contributed by atoms with Crippen LogP contribution in [0.3, 0.4) is 0 Å². The van der Waals surface area contributed by atoms with E-state index in [1.165, 1.54) is 62.5 Å². The van der Waals surface area contributed by atoms with E-state index >= 15 is 0 Å². The normalized spacial score (nSPS) is 14.0. The van der Waals surface area contributed by atoms with Crippen molar-refractivity contribution < 1.29 is 25.8 Å². The molecule has 0 atom stereocenters. The van der Waals surface area contributed by atoms with Crippen LogP contribution in [0.4, 0.5) is 0 Å². The molecule has 0 fully saturated rings. The van der Waals surface area contributed by atoms with Gasteiger partial charge in [-0.1, -0.05) is 78.3 Å². The molecular weight excluding hydrogens is 471 g/mol. The van der Waals surface area contributed by atoms with Gasteiger partial charge in [-0.3, -0.25) is 12.2 Å². The molecule has 0 aromatic rings. The first-order valence-electron chi connectivity index (χ1n) is 9.54. The quantitative estimate of drug-likeness (QED) is 0.188. The van der Waals surface area contributed by atoms with Gasteiger partial charge in [-0.25, -0.2) is 23.3 Å². The Balaban J connectivity index is 0. The number of rotatable bonds is 8. The summed E-state index contributed by atoms with van der Waals surface area (Å²) in [4.78, 5) is 0. The van der Waals surface area contributed by atoms with Gasteiger partial charge in [-0.15, -0.1) is 12.8 Å². The minimum Gasteiger partial charge on any atom is -0.269 e. The van der Waals surface area contributed by atoms with Crippen LogP contribution in [-0.2, 0) is 25.8 Å². The van der Waals surface area contributed by atoms with Crippen LogP contribution in [0.5, 0.6) is 0 Å². The van der Waals surface area contributed by atoms with Gasteiger partial charge >= 0.3 is 0 Å². The fourth-order valence-electron chi connectivity index (χ4n) is 2.37. The summed E-state index contributed by atoms with van der Waals surface area (Å²) in [5, 5.41) is 0. The number of hydrogen-bond acceptors (Lipinski definition) is 0. The molecule has 24 heavy (non-hydrogen) atoms. The molecule has 2 aliphatic carbocycles. The van der Waals surface area contributed by atoms with Gasteiger partial charge in [0.2, 0.25) is 0 Å². The molecule has 0 nitrogen and oxygen atoms in total. The summed E-state index contributed by atoms with van der Waals surface area (Å²) in [7, 11) is 0.750. The van der Waals surface area contributed by atoms with Crippen LogP contribution in [0.25, 0.3) is 0 Å². The second-order valence-electron chi connectivity index (χ2n) is 6.11. The van der Waals surface area contributed by atoms with Crippen molar-refractivity contribution in [1.82, 2.24) is 0 Å². The minimum absolute atomic E-state index is 0. The number of allylic oxidation sites excluding steroid dienone is 8. The zero-order valence-electron chi connectivity index (χ0n) is 16.5. The second-order valence-corrected chi connectivity index (χ2v) is 7.26. The van der Waals surface area contributed by atoms with E-state index in [0.717, 1.165) is 22.4 Å². The third-order valence-corrected chi connectivity index (χ3v) is 3.63. The van der Waals surface area contributed by atoms with Gasteiger partial charge in [0.05, 0.1) is 0 Å². The smallest absolute Gasteiger partial charge is 0.0213 e. The maximum Gasteiger partial charge on any atom is 0.0213 e. The van der Waals surface area contributed by atoms with Gasteiger partial charge in [0.1, 0.15) is 0 Å². The Hall–Kier alpha value is 0.0470. The van der Waals surface area contributed by atoms with Crippen LogP contribution in [0, 0.1) is 12.2 Å². The molecule has 0 amide bonds. The largest absolute Gasteiger partial charge is 0.269 e. The van der Waals surface area contributed by atoms with Gasteiger partial charge in [0.15, 0.2) is 0 Å². The molecule has 0 saturated carbocycles. The fraction of sp³-hybridized carbons (Fsp3) is 0.636. The van der Waals surface area contributed by atoms with Gasteiger partial charge in [0.25, 0.3) is 0 Å². The van der Waals surface area contributed by atoms with Crippen molar-refractivity contribution in [3.8, 4) is 0 Å². The molecule has 0 N–H and O–H groups in total. The average molecular weight is 508 g/mol. The first-order valence-corrected chi connectivity index (χ1v) is 11.9. The summed E-state index contributed by atoms with van der Waals surface area (Å²) < 4.78 is 0. The van der Waals surface area contributed by atoms with Crippen LogP contribution >= 0.6 is 0 Å². The van der Waals surface area contributed by atoms with Gasteiger partial charge in [0, 0.05) is 35.4 Å². The Bertz CT molecular complexity index is 341. The molecule has 0 aliphatic heterocycles. The van der Waals surface area contributed by atoms with Crippen LogP contribution in [0.2, 0.25) is 13.1 Å². The van der Waals surface area contributed by atoms with E-state index in [-0.39, 0.29) is 25.8 Å². The summed E-state index contributed by atoms with van der Waals surface area (Å²) in [5.74, 6) is 0. The standard InChI is InChI=1S/2C10H15.C2H7Si.Hf/c2*1-2-3-4-7-10-8-5-6-9-10;1-3-2;/h2*5,8H,2-4,6-7H2,1H3;3H,1-2H3;/q2*-1;;. The Morgan fingerprint density at radius 2 is 1.17 bits per heavy atom. The van der Waals surface area contributed by atoms with Crippen LogP contribution in [0.1, 0.15) is 78.1 Å². The zero-order valence-corrected chi connectivity index (χ0v) is 21.2. The van der Waals surface area contributed by atoms with Gasteiger partial charge < -0.3 is 0 Å². The van der Waals surface area contributed by atoms with E-state index in [9.17, 15) is 0 Å². The SMILES string of the molecule is CCCCCC1=[C-]CC=C1.CCCCCC1=[C-]CC=C1.C[SiH]C.[Hf]. The Morgan fingerprint density at radius 3 is 1.42 bits per heavy atom. The van der Waals surface area contributed by atoms with Gasteiger partial charge in [-0.2, -0.15) is 12.2 Å².